The number of rotatable bonds is 3. The highest BCUT2D eigenvalue weighted by Crippen LogP contribution is 2.74. The monoisotopic (exact) mass is 217 g/mol. The van der Waals surface area contributed by atoms with E-state index in [9.17, 15) is 4.79 Å². The molecule has 84 valence electrons. The Hall–Kier alpha value is -1.35. The largest absolute Gasteiger partial charge is 0.480 e. The van der Waals surface area contributed by atoms with E-state index in [0.29, 0.717) is 0 Å². The Morgan fingerprint density at radius 2 is 1.81 bits per heavy atom. The molecular weight excluding hydrogens is 202 g/mol. The third-order valence-electron chi connectivity index (χ3n) is 4.38. The number of hydrogen-bond acceptors (Lipinski definition) is 2. The summed E-state index contributed by atoms with van der Waals surface area (Å²) in [4.78, 5) is 10.9. The van der Waals surface area contributed by atoms with Crippen LogP contribution >= 0.6 is 0 Å². The van der Waals surface area contributed by atoms with Crippen molar-refractivity contribution in [2.24, 2.45) is 11.1 Å². The summed E-state index contributed by atoms with van der Waals surface area (Å²) in [6.45, 7) is 0. The first-order valence-electron chi connectivity index (χ1n) is 5.62. The molecule has 4 rings (SSSR count). The van der Waals surface area contributed by atoms with Gasteiger partial charge in [-0.05, 0) is 35.7 Å². The average molecular weight is 217 g/mol. The van der Waals surface area contributed by atoms with Crippen molar-refractivity contribution in [1.82, 2.24) is 0 Å². The SMILES string of the molecule is NC(C(=O)O)C12CC(c3ccccc3)(C1)C2. The summed E-state index contributed by atoms with van der Waals surface area (Å²) in [5, 5.41) is 8.94. The number of hydrogen-bond donors (Lipinski definition) is 2. The fourth-order valence-corrected chi connectivity index (χ4v) is 3.56. The maximum absolute atomic E-state index is 10.9. The fraction of sp³-hybridized carbons (Fsp3) is 0.462. The van der Waals surface area contributed by atoms with Crippen molar-refractivity contribution >= 4 is 5.97 Å². The molecule has 3 fully saturated rings. The van der Waals surface area contributed by atoms with E-state index in [1.165, 1.54) is 5.56 Å². The van der Waals surface area contributed by atoms with Gasteiger partial charge in [0.25, 0.3) is 0 Å². The van der Waals surface area contributed by atoms with Gasteiger partial charge in [-0.3, -0.25) is 4.79 Å². The quantitative estimate of drug-likeness (QED) is 0.806. The summed E-state index contributed by atoms with van der Waals surface area (Å²) in [6, 6.07) is 9.68. The van der Waals surface area contributed by atoms with Crippen molar-refractivity contribution in [2.45, 2.75) is 30.7 Å². The molecule has 0 radical (unpaired) electrons. The molecule has 3 aliphatic carbocycles. The molecule has 1 atom stereocenters. The van der Waals surface area contributed by atoms with Gasteiger partial charge in [0.05, 0.1) is 0 Å². The van der Waals surface area contributed by atoms with Crippen LogP contribution in [0.2, 0.25) is 0 Å². The molecule has 3 nitrogen and oxygen atoms in total. The third kappa shape index (κ3) is 1.04. The number of carboxylic acid groups (broad SMARTS) is 1. The second kappa shape index (κ2) is 2.86. The molecule has 1 aromatic carbocycles. The Labute approximate surface area is 94.3 Å². The van der Waals surface area contributed by atoms with Crippen LogP contribution in [0.5, 0.6) is 0 Å². The molecule has 0 aromatic heterocycles. The zero-order valence-corrected chi connectivity index (χ0v) is 9.02. The molecule has 3 saturated carbocycles. The predicted molar refractivity (Wildman–Crippen MR) is 60.0 cm³/mol. The number of carboxylic acids is 1. The lowest BCUT2D eigenvalue weighted by molar-refractivity contribution is -0.178. The Morgan fingerprint density at radius 3 is 2.31 bits per heavy atom. The first kappa shape index (κ1) is 9.85. The lowest BCUT2D eigenvalue weighted by Crippen LogP contribution is -2.72. The molecule has 0 saturated heterocycles. The Bertz CT molecular complexity index is 421. The van der Waals surface area contributed by atoms with E-state index < -0.39 is 12.0 Å². The fourth-order valence-electron chi connectivity index (χ4n) is 3.56. The van der Waals surface area contributed by atoms with Crippen LogP contribution < -0.4 is 5.73 Å². The van der Waals surface area contributed by atoms with Crippen LogP contribution in [0, 0.1) is 5.41 Å². The summed E-state index contributed by atoms with van der Waals surface area (Å²) in [7, 11) is 0. The summed E-state index contributed by atoms with van der Waals surface area (Å²) in [5.41, 5.74) is 7.21. The lowest BCUT2D eigenvalue weighted by Gasteiger charge is -2.72. The van der Waals surface area contributed by atoms with Gasteiger partial charge in [-0.25, -0.2) is 0 Å². The van der Waals surface area contributed by atoms with Crippen LogP contribution in [-0.4, -0.2) is 17.1 Å². The van der Waals surface area contributed by atoms with Crippen LogP contribution in [0.3, 0.4) is 0 Å². The zero-order chi connectivity index (χ0) is 11.4. The minimum absolute atomic E-state index is 0.109. The van der Waals surface area contributed by atoms with Crippen molar-refractivity contribution in [2.75, 3.05) is 0 Å². The van der Waals surface area contributed by atoms with Gasteiger partial charge in [0.15, 0.2) is 0 Å². The zero-order valence-electron chi connectivity index (χ0n) is 9.02. The Balaban J connectivity index is 1.77. The smallest absolute Gasteiger partial charge is 0.321 e. The van der Waals surface area contributed by atoms with E-state index >= 15 is 0 Å². The number of carbonyl (C=O) groups is 1. The van der Waals surface area contributed by atoms with Crippen LogP contribution in [0.4, 0.5) is 0 Å². The predicted octanol–water partition coefficient (Wildman–Crippen LogP) is 1.52. The van der Waals surface area contributed by atoms with Crippen molar-refractivity contribution in [3.05, 3.63) is 35.9 Å². The maximum Gasteiger partial charge on any atom is 0.321 e. The molecule has 16 heavy (non-hydrogen) atoms. The van der Waals surface area contributed by atoms with Gasteiger partial charge in [-0.2, -0.15) is 0 Å². The van der Waals surface area contributed by atoms with Crippen LogP contribution in [0.1, 0.15) is 24.8 Å². The molecule has 0 aliphatic heterocycles. The van der Waals surface area contributed by atoms with E-state index in [1.54, 1.807) is 0 Å². The van der Waals surface area contributed by atoms with E-state index in [0.717, 1.165) is 19.3 Å². The van der Waals surface area contributed by atoms with Crippen molar-refractivity contribution in [3.63, 3.8) is 0 Å². The molecule has 3 heteroatoms. The molecule has 3 aliphatic rings. The highest BCUT2D eigenvalue weighted by atomic mass is 16.4. The van der Waals surface area contributed by atoms with Gasteiger partial charge in [0.1, 0.15) is 6.04 Å². The highest BCUT2D eigenvalue weighted by molar-refractivity contribution is 5.75. The second-order valence-electron chi connectivity index (χ2n) is 5.35. The van der Waals surface area contributed by atoms with Gasteiger partial charge in [0.2, 0.25) is 0 Å². The molecule has 0 heterocycles. The van der Waals surface area contributed by atoms with Gasteiger partial charge in [-0.15, -0.1) is 0 Å². The summed E-state index contributed by atoms with van der Waals surface area (Å²) >= 11 is 0. The summed E-state index contributed by atoms with van der Waals surface area (Å²) < 4.78 is 0. The minimum atomic E-state index is -0.860. The molecular formula is C13H15NO2. The van der Waals surface area contributed by atoms with Gasteiger partial charge in [-0.1, -0.05) is 30.3 Å². The van der Waals surface area contributed by atoms with Gasteiger partial charge < -0.3 is 10.8 Å². The summed E-state index contributed by atoms with van der Waals surface area (Å²) in [5.74, 6) is -0.860. The Morgan fingerprint density at radius 1 is 1.25 bits per heavy atom. The van der Waals surface area contributed by atoms with Crippen molar-refractivity contribution in [1.29, 1.82) is 0 Å². The van der Waals surface area contributed by atoms with Crippen LogP contribution in [-0.2, 0) is 10.2 Å². The number of aliphatic carboxylic acids is 1. The summed E-state index contributed by atoms with van der Waals surface area (Å²) in [6.07, 6.45) is 2.83. The maximum atomic E-state index is 10.9. The minimum Gasteiger partial charge on any atom is -0.480 e. The lowest BCUT2D eigenvalue weighted by atomic mass is 9.31. The normalized spacial score (nSPS) is 37.1. The molecule has 2 bridgehead atoms. The third-order valence-corrected chi connectivity index (χ3v) is 4.38. The van der Waals surface area contributed by atoms with Gasteiger partial charge >= 0.3 is 5.97 Å². The highest BCUT2D eigenvalue weighted by Gasteiger charge is 2.71. The number of benzene rings is 1. The molecule has 1 aromatic rings. The average Bonchev–Trinajstić information content (AvgIpc) is 2.15. The van der Waals surface area contributed by atoms with E-state index in [2.05, 4.69) is 12.1 Å². The number of nitrogens with two attached hydrogens (primary N) is 1. The first-order chi connectivity index (χ1) is 7.58. The van der Waals surface area contributed by atoms with Crippen LogP contribution in [0.25, 0.3) is 0 Å². The molecule has 0 spiro atoms. The Kier molecular flexibility index (Phi) is 1.76. The molecule has 3 N–H and O–H groups in total. The first-order valence-corrected chi connectivity index (χ1v) is 5.62. The van der Waals surface area contributed by atoms with Crippen molar-refractivity contribution in [3.8, 4) is 0 Å². The van der Waals surface area contributed by atoms with E-state index in [1.807, 2.05) is 18.2 Å². The molecule has 0 amide bonds. The van der Waals surface area contributed by atoms with Crippen molar-refractivity contribution < 1.29 is 9.90 Å². The standard InChI is InChI=1S/C13H15NO2/c14-10(11(15)16)13-6-12(7-13,8-13)9-4-2-1-3-5-9/h1-5,10H,6-8,14H2,(H,15,16). The van der Waals surface area contributed by atoms with Crippen LogP contribution in [0.15, 0.2) is 30.3 Å². The molecule has 1 unspecified atom stereocenters. The van der Waals surface area contributed by atoms with E-state index in [4.69, 9.17) is 10.8 Å². The van der Waals surface area contributed by atoms with Gasteiger partial charge in [0, 0.05) is 0 Å². The topological polar surface area (TPSA) is 63.3 Å². The second-order valence-corrected chi connectivity index (χ2v) is 5.35. The van der Waals surface area contributed by atoms with E-state index in [-0.39, 0.29) is 10.8 Å².